The number of para-hydroxylation sites is 3. The summed E-state index contributed by atoms with van der Waals surface area (Å²) in [6.07, 6.45) is 0. The highest BCUT2D eigenvalue weighted by molar-refractivity contribution is 9.11. The van der Waals surface area contributed by atoms with Gasteiger partial charge in [0.15, 0.2) is 0 Å². The molecule has 7 rings (SSSR count). The van der Waals surface area contributed by atoms with Gasteiger partial charge < -0.3 is 4.90 Å². The van der Waals surface area contributed by atoms with E-state index in [1.807, 2.05) is 11.8 Å². The number of hydrogen-bond donors (Lipinski definition) is 0. The fraction of sp³-hybridized carbons (Fsp3) is 0.0323. The smallest absolute Gasteiger partial charge is 0.0764 e. The molecule has 1 spiro atoms. The lowest BCUT2D eigenvalue weighted by atomic mass is 9.62. The second-order valence-electron chi connectivity index (χ2n) is 8.78. The van der Waals surface area contributed by atoms with Crippen LogP contribution in [0.25, 0.3) is 0 Å². The Morgan fingerprint density at radius 3 is 1.69 bits per heavy atom. The number of benzene rings is 5. The summed E-state index contributed by atoms with van der Waals surface area (Å²) in [6, 6.07) is 41.8. The van der Waals surface area contributed by atoms with E-state index in [1.165, 1.54) is 43.4 Å². The fourth-order valence-corrected chi connectivity index (χ4v) is 7.95. The zero-order valence-electron chi connectivity index (χ0n) is 18.6. The van der Waals surface area contributed by atoms with Crippen LogP contribution in [0.2, 0.25) is 0 Å². The van der Waals surface area contributed by atoms with E-state index < -0.39 is 5.41 Å². The van der Waals surface area contributed by atoms with Gasteiger partial charge >= 0.3 is 0 Å². The Labute approximate surface area is 226 Å². The van der Waals surface area contributed by atoms with Crippen LogP contribution in [-0.4, -0.2) is 0 Å². The van der Waals surface area contributed by atoms with Crippen molar-refractivity contribution in [3.63, 3.8) is 0 Å². The molecule has 2 aliphatic rings. The largest absolute Gasteiger partial charge is 0.308 e. The Kier molecular flexibility index (Phi) is 4.99. The lowest BCUT2D eigenvalue weighted by Gasteiger charge is -2.49. The van der Waals surface area contributed by atoms with Crippen molar-refractivity contribution in [2.75, 3.05) is 4.90 Å². The number of halogens is 2. The number of fused-ring (bicyclic) bond motifs is 8. The van der Waals surface area contributed by atoms with Crippen molar-refractivity contribution in [1.29, 1.82) is 0 Å². The fourth-order valence-electron chi connectivity index (χ4n) is 5.75. The van der Waals surface area contributed by atoms with Crippen LogP contribution in [0.5, 0.6) is 0 Å². The Morgan fingerprint density at radius 2 is 1.00 bits per heavy atom. The standard InChI is InChI=1S/C31H19Br2NS/c32-24-14-4-6-17-27(24)34-26-16-5-1-10-20(26)31(23-13-9-15-25(33)30(23)34)21-11-2-7-18-28(21)35-29-19-8-3-12-22(29)31/h1-19H. The zero-order chi connectivity index (χ0) is 23.6. The quantitative estimate of drug-likeness (QED) is 0.185. The molecule has 5 aromatic carbocycles. The van der Waals surface area contributed by atoms with E-state index in [4.69, 9.17) is 0 Å². The van der Waals surface area contributed by atoms with Gasteiger partial charge in [0, 0.05) is 18.7 Å². The van der Waals surface area contributed by atoms with Gasteiger partial charge in [-0.3, -0.25) is 0 Å². The maximum Gasteiger partial charge on any atom is 0.0764 e. The average molecular weight is 597 g/mol. The van der Waals surface area contributed by atoms with Crippen molar-refractivity contribution in [3.8, 4) is 0 Å². The SMILES string of the molecule is Brc1ccccc1N1c2ccccc2C2(c3ccccc3Sc3ccccc32)c2cccc(Br)c21. The van der Waals surface area contributed by atoms with Gasteiger partial charge in [0.1, 0.15) is 0 Å². The molecule has 4 heteroatoms. The van der Waals surface area contributed by atoms with Crippen LogP contribution >= 0.6 is 43.6 Å². The first-order chi connectivity index (χ1) is 17.2. The van der Waals surface area contributed by atoms with Crippen LogP contribution in [0, 0.1) is 0 Å². The molecule has 168 valence electrons. The van der Waals surface area contributed by atoms with Gasteiger partial charge in [-0.2, -0.15) is 0 Å². The average Bonchev–Trinajstić information content (AvgIpc) is 2.90. The molecule has 0 N–H and O–H groups in total. The molecular weight excluding hydrogens is 578 g/mol. The number of anilines is 3. The van der Waals surface area contributed by atoms with Gasteiger partial charge in [0.05, 0.1) is 22.5 Å². The highest BCUT2D eigenvalue weighted by atomic mass is 79.9. The third-order valence-electron chi connectivity index (χ3n) is 7.06. The molecule has 0 unspecified atom stereocenters. The maximum absolute atomic E-state index is 3.96. The van der Waals surface area contributed by atoms with Crippen molar-refractivity contribution in [3.05, 3.63) is 146 Å². The van der Waals surface area contributed by atoms with Crippen molar-refractivity contribution >= 4 is 60.7 Å². The Hall–Kier alpha value is -2.79. The first-order valence-electron chi connectivity index (χ1n) is 11.5. The van der Waals surface area contributed by atoms with Crippen molar-refractivity contribution in [2.24, 2.45) is 0 Å². The van der Waals surface area contributed by atoms with Gasteiger partial charge in [-0.1, -0.05) is 90.6 Å². The van der Waals surface area contributed by atoms with E-state index >= 15 is 0 Å². The number of hydrogen-bond acceptors (Lipinski definition) is 2. The van der Waals surface area contributed by atoms with E-state index in [1.54, 1.807) is 0 Å². The Balaban J connectivity index is 1.70. The van der Waals surface area contributed by atoms with E-state index in [0.717, 1.165) is 14.6 Å². The van der Waals surface area contributed by atoms with Gasteiger partial charge in [0.2, 0.25) is 0 Å². The molecular formula is C31H19Br2NS. The lowest BCUT2D eigenvalue weighted by Crippen LogP contribution is -2.39. The normalized spacial score (nSPS) is 14.6. The third-order valence-corrected chi connectivity index (χ3v) is 9.52. The molecule has 1 nitrogen and oxygen atoms in total. The second-order valence-corrected chi connectivity index (χ2v) is 11.6. The van der Waals surface area contributed by atoms with Crippen LogP contribution < -0.4 is 4.90 Å². The van der Waals surface area contributed by atoms with E-state index in [2.05, 4.69) is 152 Å². The zero-order valence-corrected chi connectivity index (χ0v) is 22.6. The van der Waals surface area contributed by atoms with Crippen molar-refractivity contribution in [1.82, 2.24) is 0 Å². The predicted molar refractivity (Wildman–Crippen MR) is 153 cm³/mol. The summed E-state index contributed by atoms with van der Waals surface area (Å²) in [5.41, 5.74) is 8.30. The molecule has 0 bridgehead atoms. The first kappa shape index (κ1) is 21.5. The summed E-state index contributed by atoms with van der Waals surface area (Å²) in [5.74, 6) is 0. The molecule has 2 heterocycles. The van der Waals surface area contributed by atoms with E-state index in [-0.39, 0.29) is 0 Å². The lowest BCUT2D eigenvalue weighted by molar-refractivity contribution is 0.691. The number of nitrogens with zero attached hydrogens (tertiary/aromatic N) is 1. The van der Waals surface area contributed by atoms with E-state index in [0.29, 0.717) is 0 Å². The van der Waals surface area contributed by atoms with Gasteiger partial charge in [-0.25, -0.2) is 0 Å². The molecule has 0 saturated heterocycles. The minimum absolute atomic E-state index is 0.425. The summed E-state index contributed by atoms with van der Waals surface area (Å²) in [7, 11) is 0. The molecule has 2 aliphatic heterocycles. The van der Waals surface area contributed by atoms with Crippen LogP contribution in [-0.2, 0) is 5.41 Å². The summed E-state index contributed by atoms with van der Waals surface area (Å²) in [5, 5.41) is 0. The molecule has 0 aliphatic carbocycles. The van der Waals surface area contributed by atoms with Gasteiger partial charge in [-0.05, 0) is 90.5 Å². The predicted octanol–water partition coefficient (Wildman–Crippen LogP) is 9.84. The summed E-state index contributed by atoms with van der Waals surface area (Å²) >= 11 is 9.67. The van der Waals surface area contributed by atoms with Crippen LogP contribution in [0.15, 0.2) is 134 Å². The topological polar surface area (TPSA) is 3.24 Å². The maximum atomic E-state index is 3.96. The van der Waals surface area contributed by atoms with Gasteiger partial charge in [-0.15, -0.1) is 0 Å². The Morgan fingerprint density at radius 1 is 0.486 bits per heavy atom. The monoisotopic (exact) mass is 595 g/mol. The van der Waals surface area contributed by atoms with Crippen molar-refractivity contribution in [2.45, 2.75) is 15.2 Å². The molecule has 35 heavy (non-hydrogen) atoms. The van der Waals surface area contributed by atoms with E-state index in [9.17, 15) is 0 Å². The molecule has 5 aromatic rings. The summed E-state index contributed by atoms with van der Waals surface area (Å²) < 4.78 is 2.14. The van der Waals surface area contributed by atoms with Crippen LogP contribution in [0.1, 0.15) is 22.3 Å². The Bertz CT molecular complexity index is 1580. The van der Waals surface area contributed by atoms with Crippen LogP contribution in [0.3, 0.4) is 0 Å². The van der Waals surface area contributed by atoms with Crippen molar-refractivity contribution < 1.29 is 0 Å². The molecule has 0 radical (unpaired) electrons. The first-order valence-corrected chi connectivity index (χ1v) is 13.9. The summed E-state index contributed by atoms with van der Waals surface area (Å²) in [6.45, 7) is 0. The molecule has 0 saturated carbocycles. The molecule has 0 atom stereocenters. The summed E-state index contributed by atoms with van der Waals surface area (Å²) in [4.78, 5) is 5.01. The minimum Gasteiger partial charge on any atom is -0.308 e. The minimum atomic E-state index is -0.425. The number of rotatable bonds is 1. The molecule has 0 fully saturated rings. The highest BCUT2D eigenvalue weighted by Crippen LogP contribution is 2.63. The molecule has 0 aromatic heterocycles. The molecule has 0 amide bonds. The second kappa shape index (κ2) is 8.12. The van der Waals surface area contributed by atoms with Gasteiger partial charge in [0.25, 0.3) is 0 Å². The third kappa shape index (κ3) is 2.94. The van der Waals surface area contributed by atoms with Crippen LogP contribution in [0.4, 0.5) is 17.1 Å². The highest BCUT2D eigenvalue weighted by Gasteiger charge is 2.50.